The molecular formula is C15H16FNO3. The molecule has 0 atom stereocenters. The van der Waals surface area contributed by atoms with Crippen molar-refractivity contribution < 1.29 is 18.3 Å². The molecule has 0 aliphatic heterocycles. The number of oxazole rings is 1. The van der Waals surface area contributed by atoms with Crippen molar-refractivity contribution >= 4 is 5.97 Å². The van der Waals surface area contributed by atoms with Crippen LogP contribution in [0.15, 0.2) is 34.9 Å². The largest absolute Gasteiger partial charge is 0.456 e. The van der Waals surface area contributed by atoms with E-state index in [1.54, 1.807) is 12.1 Å². The van der Waals surface area contributed by atoms with Crippen molar-refractivity contribution in [3.8, 4) is 11.3 Å². The van der Waals surface area contributed by atoms with Gasteiger partial charge in [0, 0.05) is 12.0 Å². The number of aromatic nitrogens is 1. The van der Waals surface area contributed by atoms with Crippen LogP contribution < -0.4 is 0 Å². The fourth-order valence-electron chi connectivity index (χ4n) is 1.66. The molecule has 0 fully saturated rings. The van der Waals surface area contributed by atoms with Crippen LogP contribution in [0.25, 0.3) is 11.3 Å². The lowest BCUT2D eigenvalue weighted by molar-refractivity contribution is -0.145. The number of carbonyl (C=O) groups excluding carboxylic acids is 1. The summed E-state index contributed by atoms with van der Waals surface area (Å²) in [7, 11) is 0. The van der Waals surface area contributed by atoms with Gasteiger partial charge < -0.3 is 9.15 Å². The Bertz CT molecular complexity index is 563. The molecule has 0 unspecified atom stereocenters. The predicted octanol–water partition coefficient (Wildman–Crippen LogP) is 3.71. The first-order valence-electron chi connectivity index (χ1n) is 6.55. The summed E-state index contributed by atoms with van der Waals surface area (Å²) in [6, 6.07) is 5.91. The quantitative estimate of drug-likeness (QED) is 0.755. The molecule has 0 saturated heterocycles. The van der Waals surface area contributed by atoms with Crippen molar-refractivity contribution in [2.45, 2.75) is 32.8 Å². The average Bonchev–Trinajstić information content (AvgIpc) is 2.92. The van der Waals surface area contributed by atoms with Gasteiger partial charge in [-0.15, -0.1) is 0 Å². The summed E-state index contributed by atoms with van der Waals surface area (Å²) in [5.74, 6) is 0.283. The Hall–Kier alpha value is -2.17. The van der Waals surface area contributed by atoms with Crippen LogP contribution in [0.2, 0.25) is 0 Å². The Morgan fingerprint density at radius 1 is 1.35 bits per heavy atom. The summed E-state index contributed by atoms with van der Waals surface area (Å²) in [4.78, 5) is 15.4. The highest BCUT2D eigenvalue weighted by Crippen LogP contribution is 2.20. The molecule has 2 rings (SSSR count). The third-order valence-corrected chi connectivity index (χ3v) is 2.77. The molecular weight excluding hydrogens is 261 g/mol. The summed E-state index contributed by atoms with van der Waals surface area (Å²) in [5, 5.41) is 0. The molecule has 0 spiro atoms. The zero-order valence-electron chi connectivity index (χ0n) is 11.3. The van der Waals surface area contributed by atoms with Crippen LogP contribution in [0.5, 0.6) is 0 Å². The van der Waals surface area contributed by atoms with Gasteiger partial charge in [0.15, 0.2) is 12.4 Å². The number of hydrogen-bond donors (Lipinski definition) is 0. The number of esters is 1. The van der Waals surface area contributed by atoms with Gasteiger partial charge in [-0.2, -0.15) is 0 Å². The van der Waals surface area contributed by atoms with Crippen LogP contribution in [-0.2, 0) is 16.1 Å². The first-order chi connectivity index (χ1) is 9.69. The number of ether oxygens (including phenoxy) is 1. The molecule has 0 N–H and O–H groups in total. The lowest BCUT2D eigenvalue weighted by atomic mass is 10.2. The fourth-order valence-corrected chi connectivity index (χ4v) is 1.66. The molecule has 0 saturated carbocycles. The number of carbonyl (C=O) groups is 1. The normalized spacial score (nSPS) is 10.5. The molecule has 0 bridgehead atoms. The molecule has 20 heavy (non-hydrogen) atoms. The van der Waals surface area contributed by atoms with Crippen molar-refractivity contribution in [2.75, 3.05) is 0 Å². The standard InChI is InChI=1S/C15H16FNO3/c1-2-3-4-15(18)19-10-14-17-9-13(20-14)11-5-7-12(16)8-6-11/h5-9H,2-4,10H2,1H3. The van der Waals surface area contributed by atoms with E-state index < -0.39 is 0 Å². The van der Waals surface area contributed by atoms with Gasteiger partial charge in [-0.05, 0) is 30.7 Å². The Morgan fingerprint density at radius 3 is 2.80 bits per heavy atom. The maximum atomic E-state index is 12.8. The second-order valence-corrected chi connectivity index (χ2v) is 4.39. The van der Waals surface area contributed by atoms with E-state index in [2.05, 4.69) is 4.98 Å². The number of halogens is 1. The molecule has 5 heteroatoms. The molecule has 0 amide bonds. The van der Waals surface area contributed by atoms with Crippen molar-refractivity contribution in [1.29, 1.82) is 0 Å². The number of hydrogen-bond acceptors (Lipinski definition) is 4. The van der Waals surface area contributed by atoms with E-state index in [4.69, 9.17) is 9.15 Å². The van der Waals surface area contributed by atoms with Crippen LogP contribution in [0.1, 0.15) is 32.1 Å². The van der Waals surface area contributed by atoms with Gasteiger partial charge in [0.05, 0.1) is 6.20 Å². The van der Waals surface area contributed by atoms with Gasteiger partial charge in [-0.3, -0.25) is 4.79 Å². The zero-order valence-corrected chi connectivity index (χ0v) is 11.3. The highest BCUT2D eigenvalue weighted by Gasteiger charge is 2.09. The van der Waals surface area contributed by atoms with Gasteiger partial charge in [-0.1, -0.05) is 13.3 Å². The van der Waals surface area contributed by atoms with E-state index in [-0.39, 0.29) is 18.4 Å². The molecule has 2 aromatic rings. The first kappa shape index (κ1) is 14.2. The summed E-state index contributed by atoms with van der Waals surface area (Å²) < 4.78 is 23.3. The van der Waals surface area contributed by atoms with E-state index in [0.29, 0.717) is 18.1 Å². The molecule has 106 valence electrons. The SMILES string of the molecule is CCCCC(=O)OCc1ncc(-c2ccc(F)cc2)o1. The van der Waals surface area contributed by atoms with Crippen LogP contribution in [-0.4, -0.2) is 11.0 Å². The van der Waals surface area contributed by atoms with Crippen molar-refractivity contribution in [3.05, 3.63) is 42.2 Å². The van der Waals surface area contributed by atoms with E-state index >= 15 is 0 Å². The Morgan fingerprint density at radius 2 is 2.10 bits per heavy atom. The maximum absolute atomic E-state index is 12.8. The highest BCUT2D eigenvalue weighted by molar-refractivity contribution is 5.69. The minimum Gasteiger partial charge on any atom is -0.456 e. The summed E-state index contributed by atoms with van der Waals surface area (Å²) in [6.07, 6.45) is 3.69. The van der Waals surface area contributed by atoms with Crippen LogP contribution in [0.4, 0.5) is 4.39 Å². The summed E-state index contributed by atoms with van der Waals surface area (Å²) >= 11 is 0. The van der Waals surface area contributed by atoms with Gasteiger partial charge in [-0.25, -0.2) is 9.37 Å². The van der Waals surface area contributed by atoms with Crippen LogP contribution in [0, 0.1) is 5.82 Å². The fraction of sp³-hybridized carbons (Fsp3) is 0.333. The Kier molecular flexibility index (Phi) is 4.87. The second kappa shape index (κ2) is 6.84. The number of nitrogens with zero attached hydrogens (tertiary/aromatic N) is 1. The predicted molar refractivity (Wildman–Crippen MR) is 71.2 cm³/mol. The van der Waals surface area contributed by atoms with Gasteiger partial charge in [0.25, 0.3) is 0 Å². The second-order valence-electron chi connectivity index (χ2n) is 4.39. The minimum atomic E-state index is -0.307. The molecule has 0 radical (unpaired) electrons. The lowest BCUT2D eigenvalue weighted by Gasteiger charge is -2.01. The molecule has 1 heterocycles. The Labute approximate surface area is 116 Å². The molecule has 1 aromatic heterocycles. The van der Waals surface area contributed by atoms with Crippen LogP contribution in [0.3, 0.4) is 0 Å². The van der Waals surface area contributed by atoms with Crippen molar-refractivity contribution in [1.82, 2.24) is 4.98 Å². The monoisotopic (exact) mass is 277 g/mol. The molecule has 1 aromatic carbocycles. The summed E-state index contributed by atoms with van der Waals surface area (Å²) in [6.45, 7) is 2.03. The van der Waals surface area contributed by atoms with E-state index in [0.717, 1.165) is 18.4 Å². The van der Waals surface area contributed by atoms with Gasteiger partial charge in [0.1, 0.15) is 5.82 Å². The zero-order chi connectivity index (χ0) is 14.4. The van der Waals surface area contributed by atoms with Crippen molar-refractivity contribution in [2.24, 2.45) is 0 Å². The third kappa shape index (κ3) is 3.91. The smallest absolute Gasteiger partial charge is 0.306 e. The van der Waals surface area contributed by atoms with Crippen molar-refractivity contribution in [3.63, 3.8) is 0 Å². The molecule has 0 aliphatic carbocycles. The topological polar surface area (TPSA) is 52.3 Å². The number of rotatable bonds is 6. The van der Waals surface area contributed by atoms with E-state index in [1.165, 1.54) is 18.3 Å². The number of benzene rings is 1. The summed E-state index contributed by atoms with van der Waals surface area (Å²) in [5.41, 5.74) is 0.724. The first-order valence-corrected chi connectivity index (χ1v) is 6.55. The minimum absolute atomic E-state index is 0.0176. The Balaban J connectivity index is 1.92. The van der Waals surface area contributed by atoms with Gasteiger partial charge >= 0.3 is 5.97 Å². The van der Waals surface area contributed by atoms with Gasteiger partial charge in [0.2, 0.25) is 5.89 Å². The maximum Gasteiger partial charge on any atom is 0.306 e. The molecule has 0 aliphatic rings. The third-order valence-electron chi connectivity index (χ3n) is 2.77. The lowest BCUT2D eigenvalue weighted by Crippen LogP contribution is -2.04. The van der Waals surface area contributed by atoms with E-state index in [9.17, 15) is 9.18 Å². The highest BCUT2D eigenvalue weighted by atomic mass is 19.1. The van der Waals surface area contributed by atoms with Crippen LogP contribution >= 0.6 is 0 Å². The van der Waals surface area contributed by atoms with E-state index in [1.807, 2.05) is 6.92 Å². The molecule has 4 nitrogen and oxygen atoms in total. The average molecular weight is 277 g/mol. The number of unbranched alkanes of at least 4 members (excludes halogenated alkanes) is 1.